The molecule has 16 heavy (non-hydrogen) atoms. The molecule has 0 saturated heterocycles. The molecule has 0 aliphatic rings. The third kappa shape index (κ3) is 3.64. The minimum Gasteiger partial charge on any atom is -0.486 e. The Bertz CT molecular complexity index is 345. The number of hydrogen-bond donors (Lipinski definition) is 0. The molecule has 1 aromatic carbocycles. The smallest absolute Gasteiger partial charge is 0.183 e. The topological polar surface area (TPSA) is 44.8 Å². The molecular formula is C12H16O4. The summed E-state index contributed by atoms with van der Waals surface area (Å²) in [4.78, 5) is 10.8. The van der Waals surface area contributed by atoms with Crippen LogP contribution in [0.3, 0.4) is 0 Å². The summed E-state index contributed by atoms with van der Waals surface area (Å²) < 4.78 is 15.5. The maximum absolute atomic E-state index is 10.8. The summed E-state index contributed by atoms with van der Waals surface area (Å²) in [5.74, 6) is 0.618. The van der Waals surface area contributed by atoms with E-state index in [0.29, 0.717) is 5.75 Å². The van der Waals surface area contributed by atoms with Crippen molar-refractivity contribution in [3.63, 3.8) is 0 Å². The molecule has 0 aromatic heterocycles. The average Bonchev–Trinajstić information content (AvgIpc) is 2.29. The Hall–Kier alpha value is -1.39. The maximum Gasteiger partial charge on any atom is 0.183 e. The number of methoxy groups -OCH3 is 2. The van der Waals surface area contributed by atoms with Crippen LogP contribution in [0.15, 0.2) is 24.3 Å². The van der Waals surface area contributed by atoms with Crippen molar-refractivity contribution in [3.05, 3.63) is 29.8 Å². The van der Waals surface area contributed by atoms with Gasteiger partial charge in [0.15, 0.2) is 12.1 Å². The monoisotopic (exact) mass is 224 g/mol. The molecule has 0 saturated carbocycles. The van der Waals surface area contributed by atoms with Gasteiger partial charge in [-0.05, 0) is 19.1 Å². The lowest BCUT2D eigenvalue weighted by molar-refractivity contribution is -0.118. The quantitative estimate of drug-likeness (QED) is 0.693. The van der Waals surface area contributed by atoms with Crippen LogP contribution in [0, 0.1) is 0 Å². The Morgan fingerprint density at radius 3 is 2.56 bits per heavy atom. The van der Waals surface area contributed by atoms with Gasteiger partial charge in [-0.1, -0.05) is 12.1 Å². The first-order valence-electron chi connectivity index (χ1n) is 4.95. The fraction of sp³-hybridized carbons (Fsp3) is 0.417. The zero-order valence-corrected chi connectivity index (χ0v) is 9.73. The summed E-state index contributed by atoms with van der Waals surface area (Å²) in [6.45, 7) is 1.56. The zero-order valence-electron chi connectivity index (χ0n) is 9.73. The van der Waals surface area contributed by atoms with Crippen LogP contribution in [-0.2, 0) is 14.3 Å². The number of hydrogen-bond acceptors (Lipinski definition) is 4. The third-order valence-electron chi connectivity index (χ3n) is 2.00. The molecule has 0 spiro atoms. The van der Waals surface area contributed by atoms with E-state index < -0.39 is 6.29 Å². The Morgan fingerprint density at radius 2 is 2.00 bits per heavy atom. The summed E-state index contributed by atoms with van der Waals surface area (Å²) in [5.41, 5.74) is 0.853. The van der Waals surface area contributed by atoms with Gasteiger partial charge in [-0.15, -0.1) is 0 Å². The number of ether oxygens (including phenoxy) is 3. The predicted octanol–water partition coefficient (Wildman–Crippen LogP) is 1.95. The van der Waals surface area contributed by atoms with Crippen molar-refractivity contribution in [3.8, 4) is 5.75 Å². The molecule has 88 valence electrons. The largest absolute Gasteiger partial charge is 0.486 e. The highest BCUT2D eigenvalue weighted by atomic mass is 16.7. The van der Waals surface area contributed by atoms with Crippen LogP contribution in [0.4, 0.5) is 0 Å². The van der Waals surface area contributed by atoms with Gasteiger partial charge in [-0.3, -0.25) is 4.79 Å². The van der Waals surface area contributed by atoms with E-state index >= 15 is 0 Å². The standard InChI is InChI=1S/C12H16O4/c1-9(13)8-16-11-6-4-5-10(7-11)12(14-2)15-3/h4-7,12H,8H2,1-3H3. The first-order chi connectivity index (χ1) is 7.67. The van der Waals surface area contributed by atoms with Gasteiger partial charge in [0.2, 0.25) is 0 Å². The van der Waals surface area contributed by atoms with Crippen molar-refractivity contribution in [1.82, 2.24) is 0 Å². The second-order valence-electron chi connectivity index (χ2n) is 3.37. The lowest BCUT2D eigenvalue weighted by Gasteiger charge is -2.14. The van der Waals surface area contributed by atoms with Crippen molar-refractivity contribution in [2.75, 3.05) is 20.8 Å². The van der Waals surface area contributed by atoms with E-state index in [4.69, 9.17) is 14.2 Å². The van der Waals surface area contributed by atoms with Gasteiger partial charge in [-0.25, -0.2) is 0 Å². The highest BCUT2D eigenvalue weighted by Crippen LogP contribution is 2.21. The molecule has 0 radical (unpaired) electrons. The molecule has 0 aliphatic heterocycles. The van der Waals surface area contributed by atoms with Gasteiger partial charge < -0.3 is 14.2 Å². The average molecular weight is 224 g/mol. The van der Waals surface area contributed by atoms with Crippen molar-refractivity contribution in [2.45, 2.75) is 13.2 Å². The number of Topliss-reactive ketones (excluding diaryl/α,β-unsaturated/α-hetero) is 1. The number of carbonyl (C=O) groups excluding carboxylic acids is 1. The van der Waals surface area contributed by atoms with E-state index in [1.807, 2.05) is 12.1 Å². The molecule has 0 bridgehead atoms. The molecule has 0 atom stereocenters. The van der Waals surface area contributed by atoms with Gasteiger partial charge in [-0.2, -0.15) is 0 Å². The van der Waals surface area contributed by atoms with Gasteiger partial charge >= 0.3 is 0 Å². The van der Waals surface area contributed by atoms with Gasteiger partial charge in [0, 0.05) is 19.8 Å². The number of carbonyl (C=O) groups is 1. The molecule has 0 unspecified atom stereocenters. The lowest BCUT2D eigenvalue weighted by atomic mass is 10.2. The fourth-order valence-electron chi connectivity index (χ4n) is 1.30. The number of ketones is 1. The number of benzene rings is 1. The van der Waals surface area contributed by atoms with E-state index in [2.05, 4.69) is 0 Å². The lowest BCUT2D eigenvalue weighted by Crippen LogP contribution is -2.08. The highest BCUT2D eigenvalue weighted by molar-refractivity contribution is 5.77. The van der Waals surface area contributed by atoms with Crippen LogP contribution in [0.2, 0.25) is 0 Å². The van der Waals surface area contributed by atoms with E-state index in [1.165, 1.54) is 6.92 Å². The van der Waals surface area contributed by atoms with E-state index in [1.54, 1.807) is 26.4 Å². The molecule has 0 aliphatic carbocycles. The molecule has 4 nitrogen and oxygen atoms in total. The molecule has 0 amide bonds. The SMILES string of the molecule is COC(OC)c1cccc(OCC(C)=O)c1. The summed E-state index contributed by atoms with van der Waals surface area (Å²) in [6.07, 6.45) is -0.416. The predicted molar refractivity (Wildman–Crippen MR) is 59.4 cm³/mol. The first kappa shape index (κ1) is 12.7. The van der Waals surface area contributed by atoms with Gasteiger partial charge in [0.25, 0.3) is 0 Å². The van der Waals surface area contributed by atoms with Crippen LogP contribution >= 0.6 is 0 Å². The number of rotatable bonds is 6. The maximum atomic E-state index is 10.8. The molecule has 0 fully saturated rings. The Morgan fingerprint density at radius 1 is 1.31 bits per heavy atom. The van der Waals surface area contributed by atoms with Crippen LogP contribution < -0.4 is 4.74 Å². The van der Waals surface area contributed by atoms with Crippen molar-refractivity contribution < 1.29 is 19.0 Å². The Balaban J connectivity index is 2.73. The molecule has 0 heterocycles. The zero-order chi connectivity index (χ0) is 12.0. The normalized spacial score (nSPS) is 10.5. The molecule has 4 heteroatoms. The van der Waals surface area contributed by atoms with Crippen LogP contribution in [0.1, 0.15) is 18.8 Å². The van der Waals surface area contributed by atoms with Crippen molar-refractivity contribution >= 4 is 5.78 Å². The van der Waals surface area contributed by atoms with E-state index in [0.717, 1.165) is 5.56 Å². The summed E-state index contributed by atoms with van der Waals surface area (Å²) in [5, 5.41) is 0. The Kier molecular flexibility index (Phi) is 4.95. The van der Waals surface area contributed by atoms with Crippen LogP contribution in [0.5, 0.6) is 5.75 Å². The van der Waals surface area contributed by atoms with Gasteiger partial charge in [0.1, 0.15) is 12.4 Å². The van der Waals surface area contributed by atoms with Crippen LogP contribution in [0.25, 0.3) is 0 Å². The molecule has 0 N–H and O–H groups in total. The van der Waals surface area contributed by atoms with Crippen molar-refractivity contribution in [1.29, 1.82) is 0 Å². The van der Waals surface area contributed by atoms with Gasteiger partial charge in [0.05, 0.1) is 0 Å². The first-order valence-corrected chi connectivity index (χ1v) is 4.95. The summed E-state index contributed by atoms with van der Waals surface area (Å²) >= 11 is 0. The van der Waals surface area contributed by atoms with E-state index in [9.17, 15) is 4.79 Å². The fourth-order valence-corrected chi connectivity index (χ4v) is 1.30. The summed E-state index contributed by atoms with van der Waals surface area (Å²) in [7, 11) is 3.13. The Labute approximate surface area is 95.1 Å². The van der Waals surface area contributed by atoms with Crippen LogP contribution in [-0.4, -0.2) is 26.6 Å². The summed E-state index contributed by atoms with van der Waals surface area (Å²) in [6, 6.07) is 7.28. The molecule has 1 aromatic rings. The second kappa shape index (κ2) is 6.25. The minimum absolute atomic E-state index is 0.0135. The minimum atomic E-state index is -0.416. The van der Waals surface area contributed by atoms with Crippen molar-refractivity contribution in [2.24, 2.45) is 0 Å². The molecular weight excluding hydrogens is 208 g/mol. The third-order valence-corrected chi connectivity index (χ3v) is 2.00. The highest BCUT2D eigenvalue weighted by Gasteiger charge is 2.09. The second-order valence-corrected chi connectivity index (χ2v) is 3.37. The van der Waals surface area contributed by atoms with E-state index in [-0.39, 0.29) is 12.4 Å². The molecule has 1 rings (SSSR count).